The molecule has 0 saturated heterocycles. The summed E-state index contributed by atoms with van der Waals surface area (Å²) < 4.78 is 6.07. The number of ether oxygens (including phenoxy) is 1. The van der Waals surface area contributed by atoms with E-state index in [0.717, 1.165) is 18.6 Å². The molecule has 170 valence electrons. The lowest BCUT2D eigenvalue weighted by Gasteiger charge is -2.14. The van der Waals surface area contributed by atoms with Crippen LogP contribution in [0.5, 0.6) is 5.75 Å². The zero-order valence-corrected chi connectivity index (χ0v) is 19.8. The molecule has 0 unspecified atom stereocenters. The minimum absolute atomic E-state index is 0.0558. The van der Waals surface area contributed by atoms with Crippen molar-refractivity contribution in [3.8, 4) is 5.75 Å². The van der Waals surface area contributed by atoms with Crippen molar-refractivity contribution in [2.24, 2.45) is 0 Å². The number of nitrogens with two attached hydrogens (primary N) is 1. The number of rotatable bonds is 14. The first-order valence-corrected chi connectivity index (χ1v) is 12.0. The van der Waals surface area contributed by atoms with Gasteiger partial charge in [-0.1, -0.05) is 63.3 Å². The van der Waals surface area contributed by atoms with Gasteiger partial charge in [-0.3, -0.25) is 4.79 Å². The van der Waals surface area contributed by atoms with Gasteiger partial charge in [-0.15, -0.1) is 0 Å². The molecule has 0 aliphatic heterocycles. The van der Waals surface area contributed by atoms with Crippen molar-refractivity contribution < 1.29 is 9.53 Å². The Labute approximate surface area is 192 Å². The Morgan fingerprint density at radius 2 is 1.71 bits per heavy atom. The van der Waals surface area contributed by atoms with Crippen LogP contribution in [0.15, 0.2) is 36.4 Å². The molecule has 1 amide bonds. The van der Waals surface area contributed by atoms with E-state index in [1.807, 2.05) is 0 Å². The Morgan fingerprint density at radius 1 is 0.968 bits per heavy atom. The number of anilines is 2. The second-order valence-electron chi connectivity index (χ2n) is 8.09. The Morgan fingerprint density at radius 3 is 2.42 bits per heavy atom. The van der Waals surface area contributed by atoms with Crippen LogP contribution in [0.4, 0.5) is 11.4 Å². The third-order valence-electron chi connectivity index (χ3n) is 5.33. The minimum Gasteiger partial charge on any atom is -0.493 e. The highest BCUT2D eigenvalue weighted by Crippen LogP contribution is 2.25. The lowest BCUT2D eigenvalue weighted by atomic mass is 10.00. The van der Waals surface area contributed by atoms with Gasteiger partial charge in [0.25, 0.3) is 0 Å². The fourth-order valence-electron chi connectivity index (χ4n) is 3.53. The zero-order chi connectivity index (χ0) is 22.5. The lowest BCUT2D eigenvalue weighted by Crippen LogP contribution is -2.13. The molecule has 4 nitrogen and oxygen atoms in total. The molecule has 2 rings (SSSR count). The maximum atomic E-state index is 12.2. The zero-order valence-electron chi connectivity index (χ0n) is 19.0. The van der Waals surface area contributed by atoms with Gasteiger partial charge in [0.1, 0.15) is 5.75 Å². The Hall–Kier alpha value is -2.20. The summed E-state index contributed by atoms with van der Waals surface area (Å²) in [4.78, 5) is 12.2. The predicted molar refractivity (Wildman–Crippen MR) is 132 cm³/mol. The standard InChI is InChI=1S/C26H37ClN2O2/c1-3-5-7-10-20-13-16-25(21(18-20)11-8-6-4-2)31-17-9-12-26(30)29-22-14-15-23(27)24(28)19-22/h13-16,18-19H,3-12,17,28H2,1-2H3,(H,29,30). The average Bonchev–Trinajstić information content (AvgIpc) is 2.75. The first-order valence-electron chi connectivity index (χ1n) is 11.6. The monoisotopic (exact) mass is 444 g/mol. The van der Waals surface area contributed by atoms with Crippen molar-refractivity contribution in [1.29, 1.82) is 0 Å². The van der Waals surface area contributed by atoms with E-state index in [9.17, 15) is 4.79 Å². The molecular weight excluding hydrogens is 408 g/mol. The molecule has 0 spiro atoms. The van der Waals surface area contributed by atoms with E-state index in [-0.39, 0.29) is 5.91 Å². The van der Waals surface area contributed by atoms with Crippen molar-refractivity contribution in [2.45, 2.75) is 78.1 Å². The third kappa shape index (κ3) is 9.22. The fraction of sp³-hybridized carbons (Fsp3) is 0.500. The summed E-state index contributed by atoms with van der Waals surface area (Å²) in [5, 5.41) is 3.34. The molecular formula is C26H37ClN2O2. The van der Waals surface area contributed by atoms with Crippen LogP contribution in [0, 0.1) is 0 Å². The van der Waals surface area contributed by atoms with Gasteiger partial charge in [0, 0.05) is 12.1 Å². The SMILES string of the molecule is CCCCCc1ccc(OCCCC(=O)Nc2ccc(Cl)c(N)c2)c(CCCCC)c1. The van der Waals surface area contributed by atoms with Crippen molar-refractivity contribution in [3.05, 3.63) is 52.5 Å². The molecule has 0 aliphatic rings. The second kappa shape index (κ2) is 14.0. The molecule has 0 aromatic heterocycles. The topological polar surface area (TPSA) is 64.3 Å². The number of nitrogen functional groups attached to an aromatic ring is 1. The number of carbonyl (C=O) groups is 1. The molecule has 0 saturated carbocycles. The highest BCUT2D eigenvalue weighted by molar-refractivity contribution is 6.33. The first kappa shape index (κ1) is 25.1. The number of halogens is 1. The molecule has 2 aromatic rings. The van der Waals surface area contributed by atoms with E-state index in [1.54, 1.807) is 18.2 Å². The second-order valence-corrected chi connectivity index (χ2v) is 8.50. The number of hydrogen-bond acceptors (Lipinski definition) is 3. The van der Waals surface area contributed by atoms with Gasteiger partial charge < -0.3 is 15.8 Å². The molecule has 0 bridgehead atoms. The van der Waals surface area contributed by atoms with Crippen LogP contribution in [0.2, 0.25) is 5.02 Å². The fourth-order valence-corrected chi connectivity index (χ4v) is 3.65. The maximum Gasteiger partial charge on any atom is 0.224 e. The van der Waals surface area contributed by atoms with Gasteiger partial charge >= 0.3 is 0 Å². The number of hydrogen-bond donors (Lipinski definition) is 2. The number of nitrogens with one attached hydrogen (secondary N) is 1. The summed E-state index contributed by atoms with van der Waals surface area (Å²) in [7, 11) is 0. The number of aryl methyl sites for hydroxylation is 2. The molecule has 2 aromatic carbocycles. The van der Waals surface area contributed by atoms with E-state index in [1.165, 1.54) is 49.7 Å². The summed E-state index contributed by atoms with van der Waals surface area (Å²) in [6, 6.07) is 11.7. The Kier molecular flexibility index (Phi) is 11.3. The van der Waals surface area contributed by atoms with Crippen LogP contribution < -0.4 is 15.8 Å². The number of benzene rings is 2. The number of carbonyl (C=O) groups excluding carboxylic acids is 1. The lowest BCUT2D eigenvalue weighted by molar-refractivity contribution is -0.116. The van der Waals surface area contributed by atoms with Crippen molar-refractivity contribution >= 4 is 28.9 Å². The smallest absolute Gasteiger partial charge is 0.224 e. The summed E-state index contributed by atoms with van der Waals surface area (Å²) in [6.45, 7) is 4.98. The molecule has 0 fully saturated rings. The van der Waals surface area contributed by atoms with Gasteiger partial charge in [0.2, 0.25) is 5.91 Å². The van der Waals surface area contributed by atoms with Gasteiger partial charge in [-0.2, -0.15) is 0 Å². The highest BCUT2D eigenvalue weighted by Gasteiger charge is 2.08. The molecule has 3 N–H and O–H groups in total. The molecule has 0 aliphatic carbocycles. The van der Waals surface area contributed by atoms with Crippen LogP contribution in [0.25, 0.3) is 0 Å². The summed E-state index contributed by atoms with van der Waals surface area (Å²) in [5.41, 5.74) is 9.59. The Bertz CT molecular complexity index is 823. The average molecular weight is 445 g/mol. The Balaban J connectivity index is 1.84. The first-order chi connectivity index (χ1) is 15.0. The predicted octanol–water partition coefficient (Wildman–Crippen LogP) is 7.19. The molecule has 31 heavy (non-hydrogen) atoms. The summed E-state index contributed by atoms with van der Waals surface area (Å²) >= 11 is 5.92. The van der Waals surface area contributed by atoms with Crippen LogP contribution >= 0.6 is 11.6 Å². The quantitative estimate of drug-likeness (QED) is 0.239. The van der Waals surface area contributed by atoms with E-state index < -0.39 is 0 Å². The van der Waals surface area contributed by atoms with Crippen molar-refractivity contribution in [1.82, 2.24) is 0 Å². The summed E-state index contributed by atoms with van der Waals surface area (Å²) in [5.74, 6) is 0.904. The minimum atomic E-state index is -0.0558. The van der Waals surface area contributed by atoms with E-state index in [4.69, 9.17) is 22.1 Å². The maximum absolute atomic E-state index is 12.2. The molecule has 5 heteroatoms. The number of unbranched alkanes of at least 4 members (excludes halogenated alkanes) is 4. The van der Waals surface area contributed by atoms with Crippen LogP contribution in [-0.2, 0) is 17.6 Å². The van der Waals surface area contributed by atoms with E-state index >= 15 is 0 Å². The third-order valence-corrected chi connectivity index (χ3v) is 5.67. The van der Waals surface area contributed by atoms with Crippen LogP contribution in [0.1, 0.15) is 76.3 Å². The van der Waals surface area contributed by atoms with Crippen molar-refractivity contribution in [3.63, 3.8) is 0 Å². The van der Waals surface area contributed by atoms with Gasteiger partial charge in [-0.25, -0.2) is 0 Å². The van der Waals surface area contributed by atoms with Gasteiger partial charge in [0.05, 0.1) is 17.3 Å². The van der Waals surface area contributed by atoms with Gasteiger partial charge in [0.15, 0.2) is 0 Å². The van der Waals surface area contributed by atoms with Crippen molar-refractivity contribution in [2.75, 3.05) is 17.7 Å². The highest BCUT2D eigenvalue weighted by atomic mass is 35.5. The van der Waals surface area contributed by atoms with Crippen LogP contribution in [-0.4, -0.2) is 12.5 Å². The van der Waals surface area contributed by atoms with E-state index in [2.05, 4.69) is 37.4 Å². The van der Waals surface area contributed by atoms with E-state index in [0.29, 0.717) is 35.8 Å². The normalized spacial score (nSPS) is 10.8. The largest absolute Gasteiger partial charge is 0.493 e. The number of amides is 1. The molecule has 0 atom stereocenters. The summed E-state index contributed by atoms with van der Waals surface area (Å²) in [6.07, 6.45) is 10.6. The molecule has 0 heterocycles. The van der Waals surface area contributed by atoms with Crippen LogP contribution in [0.3, 0.4) is 0 Å². The van der Waals surface area contributed by atoms with Gasteiger partial charge in [-0.05, 0) is 67.5 Å². The molecule has 0 radical (unpaired) electrons.